The monoisotopic (exact) mass is 397 g/mol. The van der Waals surface area contributed by atoms with E-state index in [0.29, 0.717) is 22.3 Å². The fourth-order valence-electron chi connectivity index (χ4n) is 2.51. The summed E-state index contributed by atoms with van der Waals surface area (Å²) in [5.41, 5.74) is 1.50. The molecule has 1 amide bonds. The number of quaternary nitrogens is 1. The molecule has 2 N–H and O–H groups in total. The molecule has 0 radical (unpaired) electrons. The summed E-state index contributed by atoms with van der Waals surface area (Å²) in [5, 5.41) is 3.80. The van der Waals surface area contributed by atoms with Crippen LogP contribution in [-0.4, -0.2) is 33.2 Å². The zero-order valence-electron chi connectivity index (χ0n) is 15.2. The number of anilines is 1. The number of carbonyl (C=O) groups excluding carboxylic acids is 1. The van der Waals surface area contributed by atoms with E-state index in [1.54, 1.807) is 32.4 Å². The Balaban J connectivity index is 2.08. The number of methoxy groups -OCH3 is 2. The predicted octanol–water partition coefficient (Wildman–Crippen LogP) is 3.05. The number of benzene rings is 2. The van der Waals surface area contributed by atoms with Crippen LogP contribution in [-0.2, 0) is 11.3 Å². The fourth-order valence-corrected chi connectivity index (χ4v) is 2.85. The van der Waals surface area contributed by atoms with E-state index < -0.39 is 0 Å². The van der Waals surface area contributed by atoms with Gasteiger partial charge in [0.1, 0.15) is 18.0 Å². The molecule has 7 heteroatoms. The van der Waals surface area contributed by atoms with Gasteiger partial charge in [0.25, 0.3) is 5.91 Å². The Labute approximate surface area is 163 Å². The largest absolute Gasteiger partial charge is 0.497 e. The van der Waals surface area contributed by atoms with E-state index in [1.807, 2.05) is 32.2 Å². The molecular formula is C19H23Cl2N2O3+. The summed E-state index contributed by atoms with van der Waals surface area (Å²) in [4.78, 5) is 13.6. The quantitative estimate of drug-likeness (QED) is 0.754. The van der Waals surface area contributed by atoms with Crippen LogP contribution in [0.25, 0.3) is 0 Å². The highest BCUT2D eigenvalue weighted by Gasteiger charge is 2.24. The summed E-state index contributed by atoms with van der Waals surface area (Å²) in [6.07, 6.45) is 0. The van der Waals surface area contributed by atoms with E-state index >= 15 is 0 Å². The third-order valence-electron chi connectivity index (χ3n) is 4.28. The molecule has 0 aliphatic rings. The van der Waals surface area contributed by atoms with Crippen molar-refractivity contribution in [2.24, 2.45) is 0 Å². The summed E-state index contributed by atoms with van der Waals surface area (Å²) >= 11 is 12.1. The Morgan fingerprint density at radius 2 is 1.88 bits per heavy atom. The van der Waals surface area contributed by atoms with Crippen molar-refractivity contribution in [1.82, 2.24) is 0 Å². The van der Waals surface area contributed by atoms with Crippen molar-refractivity contribution in [2.75, 3.05) is 26.6 Å². The summed E-state index contributed by atoms with van der Waals surface area (Å²) in [5.74, 6) is 1.32. The van der Waals surface area contributed by atoms with Crippen molar-refractivity contribution in [3.05, 3.63) is 52.0 Å². The second-order valence-corrected chi connectivity index (χ2v) is 6.88. The number of carbonyl (C=O) groups is 1. The van der Waals surface area contributed by atoms with Crippen LogP contribution in [0.1, 0.15) is 12.5 Å². The van der Waals surface area contributed by atoms with Crippen molar-refractivity contribution in [3.63, 3.8) is 0 Å². The van der Waals surface area contributed by atoms with Gasteiger partial charge in [-0.1, -0.05) is 23.2 Å². The summed E-state index contributed by atoms with van der Waals surface area (Å²) in [7, 11) is 5.18. The third-order valence-corrected chi connectivity index (χ3v) is 4.85. The van der Waals surface area contributed by atoms with E-state index in [-0.39, 0.29) is 11.9 Å². The first kappa shape index (κ1) is 20.4. The first-order chi connectivity index (χ1) is 12.3. The average molecular weight is 398 g/mol. The minimum atomic E-state index is -0.308. The molecule has 0 aliphatic carbocycles. The second-order valence-electron chi connectivity index (χ2n) is 6.04. The highest BCUT2D eigenvalue weighted by atomic mass is 35.5. The Kier molecular flexibility index (Phi) is 7.14. The number of nitrogens with one attached hydrogen (secondary N) is 2. The topological polar surface area (TPSA) is 52.0 Å². The lowest BCUT2D eigenvalue weighted by Crippen LogP contribution is -3.12. The van der Waals surface area contributed by atoms with Crippen molar-refractivity contribution in [2.45, 2.75) is 19.5 Å². The SMILES string of the molecule is COc1ccc(C[NH+](C)[C@@H](C)C(=O)Nc2cc(Cl)ccc2Cl)c(OC)c1. The summed E-state index contributed by atoms with van der Waals surface area (Å²) in [6.45, 7) is 2.48. The van der Waals surface area contributed by atoms with Gasteiger partial charge >= 0.3 is 0 Å². The molecule has 0 bridgehead atoms. The second kappa shape index (κ2) is 9.12. The van der Waals surface area contributed by atoms with Gasteiger partial charge in [0.15, 0.2) is 6.04 Å². The molecule has 0 aliphatic heterocycles. The van der Waals surface area contributed by atoms with Crippen molar-refractivity contribution >= 4 is 34.8 Å². The lowest BCUT2D eigenvalue weighted by atomic mass is 10.1. The molecule has 2 aromatic rings. The van der Waals surface area contributed by atoms with Crippen LogP contribution in [0.3, 0.4) is 0 Å². The van der Waals surface area contributed by atoms with Gasteiger partial charge in [0.2, 0.25) is 0 Å². The average Bonchev–Trinajstić information content (AvgIpc) is 2.64. The van der Waals surface area contributed by atoms with Crippen molar-refractivity contribution in [1.29, 1.82) is 0 Å². The Hall–Kier alpha value is -1.95. The Bertz CT molecular complexity index is 783. The standard InChI is InChI=1S/C19H22Cl2N2O3/c1-12(19(24)22-17-9-14(20)6-8-16(17)21)23(2)11-13-5-7-15(25-3)10-18(13)26-4/h5-10,12H,11H2,1-4H3,(H,22,24)/p+1/t12-/m0/s1. The zero-order valence-corrected chi connectivity index (χ0v) is 16.7. The number of amides is 1. The molecule has 2 rings (SSSR count). The Morgan fingerprint density at radius 1 is 1.15 bits per heavy atom. The van der Waals surface area contributed by atoms with Gasteiger partial charge in [-0.25, -0.2) is 0 Å². The number of ether oxygens (including phenoxy) is 2. The highest BCUT2D eigenvalue weighted by Crippen LogP contribution is 2.26. The van der Waals surface area contributed by atoms with E-state index in [9.17, 15) is 4.79 Å². The van der Waals surface area contributed by atoms with Crippen LogP contribution in [0.2, 0.25) is 10.0 Å². The van der Waals surface area contributed by atoms with Gasteiger partial charge in [0.05, 0.1) is 32.0 Å². The molecular weight excluding hydrogens is 375 g/mol. The van der Waals surface area contributed by atoms with Gasteiger partial charge in [-0.2, -0.15) is 0 Å². The lowest BCUT2D eigenvalue weighted by molar-refractivity contribution is -0.907. The van der Waals surface area contributed by atoms with Gasteiger partial charge in [0, 0.05) is 16.7 Å². The molecule has 0 fully saturated rings. The van der Waals surface area contributed by atoms with Crippen LogP contribution >= 0.6 is 23.2 Å². The number of hydrogen-bond acceptors (Lipinski definition) is 3. The molecule has 0 spiro atoms. The molecule has 0 saturated heterocycles. The van der Waals surface area contributed by atoms with Crippen LogP contribution < -0.4 is 19.7 Å². The smallest absolute Gasteiger partial charge is 0.282 e. The molecule has 1 unspecified atom stereocenters. The maximum atomic E-state index is 12.6. The molecule has 26 heavy (non-hydrogen) atoms. The van der Waals surface area contributed by atoms with Crippen LogP contribution in [0.4, 0.5) is 5.69 Å². The first-order valence-corrected chi connectivity index (χ1v) is 8.90. The van der Waals surface area contributed by atoms with Crippen LogP contribution in [0.5, 0.6) is 11.5 Å². The third kappa shape index (κ3) is 5.04. The molecule has 0 saturated carbocycles. The van der Waals surface area contributed by atoms with Crippen LogP contribution in [0.15, 0.2) is 36.4 Å². The predicted molar refractivity (Wildman–Crippen MR) is 105 cm³/mol. The molecule has 140 valence electrons. The first-order valence-electron chi connectivity index (χ1n) is 8.14. The lowest BCUT2D eigenvalue weighted by Gasteiger charge is -2.22. The molecule has 0 aromatic heterocycles. The molecule has 5 nitrogen and oxygen atoms in total. The Morgan fingerprint density at radius 3 is 2.54 bits per heavy atom. The minimum absolute atomic E-state index is 0.140. The number of halogens is 2. The highest BCUT2D eigenvalue weighted by molar-refractivity contribution is 6.35. The van der Waals surface area contributed by atoms with E-state index in [0.717, 1.165) is 22.0 Å². The fraction of sp³-hybridized carbons (Fsp3) is 0.316. The minimum Gasteiger partial charge on any atom is -0.497 e. The van der Waals surface area contributed by atoms with E-state index in [1.165, 1.54) is 0 Å². The van der Waals surface area contributed by atoms with Gasteiger partial charge in [-0.15, -0.1) is 0 Å². The molecule has 2 atom stereocenters. The van der Waals surface area contributed by atoms with Crippen molar-refractivity contribution in [3.8, 4) is 11.5 Å². The maximum absolute atomic E-state index is 12.6. The number of rotatable bonds is 7. The maximum Gasteiger partial charge on any atom is 0.282 e. The van der Waals surface area contributed by atoms with Gasteiger partial charge in [-0.05, 0) is 37.3 Å². The van der Waals surface area contributed by atoms with E-state index in [2.05, 4.69) is 5.32 Å². The number of hydrogen-bond donors (Lipinski definition) is 2. The summed E-state index contributed by atoms with van der Waals surface area (Å²) in [6, 6.07) is 10.3. The summed E-state index contributed by atoms with van der Waals surface area (Å²) < 4.78 is 10.6. The van der Waals surface area contributed by atoms with Crippen molar-refractivity contribution < 1.29 is 19.2 Å². The van der Waals surface area contributed by atoms with E-state index in [4.69, 9.17) is 32.7 Å². The molecule has 0 heterocycles. The number of likely N-dealkylation sites (N-methyl/N-ethyl adjacent to an activating group) is 1. The zero-order chi connectivity index (χ0) is 19.3. The van der Waals surface area contributed by atoms with Gasteiger partial charge < -0.3 is 19.7 Å². The van der Waals surface area contributed by atoms with Crippen LogP contribution in [0, 0.1) is 0 Å². The molecule has 2 aromatic carbocycles. The normalized spacial score (nSPS) is 13.0. The van der Waals surface area contributed by atoms with Gasteiger partial charge in [-0.3, -0.25) is 4.79 Å².